The van der Waals surface area contributed by atoms with Crippen LogP contribution in [0.1, 0.15) is 18.1 Å². The summed E-state index contributed by atoms with van der Waals surface area (Å²) in [6, 6.07) is 5.93. The summed E-state index contributed by atoms with van der Waals surface area (Å²) >= 11 is 0. The van der Waals surface area contributed by atoms with Gasteiger partial charge in [-0.2, -0.15) is 0 Å². The predicted molar refractivity (Wildman–Crippen MR) is 61.2 cm³/mol. The van der Waals surface area contributed by atoms with Crippen molar-refractivity contribution < 1.29 is 9.53 Å². The zero-order valence-electron chi connectivity index (χ0n) is 9.17. The molecule has 1 heterocycles. The molecule has 1 N–H and O–H groups in total. The highest BCUT2D eigenvalue weighted by molar-refractivity contribution is 5.73. The van der Waals surface area contributed by atoms with Gasteiger partial charge in [-0.05, 0) is 23.8 Å². The summed E-state index contributed by atoms with van der Waals surface area (Å²) in [5.74, 6) is 6.82. The Morgan fingerprint density at radius 3 is 3.25 bits per heavy atom. The lowest BCUT2D eigenvalue weighted by Gasteiger charge is -1.98. The molecule has 0 radical (unpaired) electrons. The summed E-state index contributed by atoms with van der Waals surface area (Å²) in [5.41, 5.74) is 2.18. The second kappa shape index (κ2) is 4.71. The standard InChI is InChI=1S/C13H13NO2/c1-10(15)14-7-2-3-11-4-5-13-12(9-11)6-8-16-13/h4-5,9H,6-8H2,1H3,(H,14,15). The van der Waals surface area contributed by atoms with Crippen molar-refractivity contribution in [2.24, 2.45) is 0 Å². The van der Waals surface area contributed by atoms with E-state index in [1.54, 1.807) is 0 Å². The van der Waals surface area contributed by atoms with Crippen molar-refractivity contribution in [3.63, 3.8) is 0 Å². The number of hydrogen-bond acceptors (Lipinski definition) is 2. The Hall–Kier alpha value is -1.95. The van der Waals surface area contributed by atoms with Crippen molar-refractivity contribution in [3.05, 3.63) is 29.3 Å². The molecule has 1 amide bonds. The number of nitrogens with one attached hydrogen (secondary N) is 1. The number of ether oxygens (including phenoxy) is 1. The first kappa shape index (κ1) is 10.6. The summed E-state index contributed by atoms with van der Waals surface area (Å²) < 4.78 is 5.41. The number of amides is 1. The molecule has 3 heteroatoms. The van der Waals surface area contributed by atoms with E-state index in [0.29, 0.717) is 6.54 Å². The molecule has 1 aliphatic heterocycles. The molecule has 0 saturated heterocycles. The van der Waals surface area contributed by atoms with E-state index in [1.165, 1.54) is 12.5 Å². The van der Waals surface area contributed by atoms with E-state index >= 15 is 0 Å². The molecule has 0 unspecified atom stereocenters. The van der Waals surface area contributed by atoms with Gasteiger partial charge in [0.2, 0.25) is 5.91 Å². The van der Waals surface area contributed by atoms with Crippen LogP contribution in [0.2, 0.25) is 0 Å². The molecule has 0 atom stereocenters. The molecule has 0 bridgehead atoms. The lowest BCUT2D eigenvalue weighted by Crippen LogP contribution is -2.19. The summed E-state index contributed by atoms with van der Waals surface area (Å²) in [6.45, 7) is 2.63. The van der Waals surface area contributed by atoms with E-state index in [1.807, 2.05) is 18.2 Å². The van der Waals surface area contributed by atoms with Crippen LogP contribution < -0.4 is 10.1 Å². The molecular formula is C13H13NO2. The Bertz CT molecular complexity index is 469. The number of fused-ring (bicyclic) bond motifs is 1. The average molecular weight is 215 g/mol. The van der Waals surface area contributed by atoms with Gasteiger partial charge in [-0.25, -0.2) is 0 Å². The lowest BCUT2D eigenvalue weighted by atomic mass is 10.1. The van der Waals surface area contributed by atoms with E-state index in [2.05, 4.69) is 17.2 Å². The van der Waals surface area contributed by atoms with Crippen LogP contribution in [0, 0.1) is 11.8 Å². The van der Waals surface area contributed by atoms with Crippen molar-refractivity contribution in [2.75, 3.05) is 13.2 Å². The fourth-order valence-electron chi connectivity index (χ4n) is 1.58. The Morgan fingerprint density at radius 1 is 1.56 bits per heavy atom. The van der Waals surface area contributed by atoms with Crippen LogP contribution in [0.5, 0.6) is 5.75 Å². The third kappa shape index (κ3) is 2.54. The van der Waals surface area contributed by atoms with Gasteiger partial charge >= 0.3 is 0 Å². The van der Waals surface area contributed by atoms with E-state index < -0.39 is 0 Å². The van der Waals surface area contributed by atoms with Crippen molar-refractivity contribution in [1.29, 1.82) is 0 Å². The van der Waals surface area contributed by atoms with Gasteiger partial charge in [0.25, 0.3) is 0 Å². The van der Waals surface area contributed by atoms with E-state index in [9.17, 15) is 4.79 Å². The Morgan fingerprint density at radius 2 is 2.44 bits per heavy atom. The topological polar surface area (TPSA) is 38.3 Å². The Kier molecular flexibility index (Phi) is 3.11. The number of carbonyl (C=O) groups is 1. The first-order chi connectivity index (χ1) is 7.75. The van der Waals surface area contributed by atoms with Crippen molar-refractivity contribution in [2.45, 2.75) is 13.3 Å². The first-order valence-corrected chi connectivity index (χ1v) is 5.25. The quantitative estimate of drug-likeness (QED) is 0.713. The highest BCUT2D eigenvalue weighted by Gasteiger charge is 2.10. The predicted octanol–water partition coefficient (Wildman–Crippen LogP) is 1.11. The van der Waals surface area contributed by atoms with Gasteiger partial charge in [0.1, 0.15) is 5.75 Å². The van der Waals surface area contributed by atoms with Crippen LogP contribution >= 0.6 is 0 Å². The van der Waals surface area contributed by atoms with E-state index in [0.717, 1.165) is 24.3 Å². The summed E-state index contributed by atoms with van der Waals surface area (Å²) in [7, 11) is 0. The van der Waals surface area contributed by atoms with Crippen LogP contribution in [0.3, 0.4) is 0 Å². The van der Waals surface area contributed by atoms with Crippen molar-refractivity contribution in [1.82, 2.24) is 5.32 Å². The minimum Gasteiger partial charge on any atom is -0.493 e. The molecule has 16 heavy (non-hydrogen) atoms. The van der Waals surface area contributed by atoms with Gasteiger partial charge in [-0.3, -0.25) is 4.79 Å². The number of carbonyl (C=O) groups excluding carboxylic acids is 1. The fourth-order valence-corrected chi connectivity index (χ4v) is 1.58. The molecule has 82 valence electrons. The zero-order chi connectivity index (χ0) is 11.4. The van der Waals surface area contributed by atoms with Crippen LogP contribution in [-0.4, -0.2) is 19.1 Å². The monoisotopic (exact) mass is 215 g/mol. The third-order valence-electron chi connectivity index (χ3n) is 2.35. The minimum absolute atomic E-state index is 0.0587. The van der Waals surface area contributed by atoms with Crippen LogP contribution in [0.25, 0.3) is 0 Å². The Balaban J connectivity index is 2.02. The summed E-state index contributed by atoms with van der Waals surface area (Å²) in [4.78, 5) is 10.6. The van der Waals surface area contributed by atoms with Crippen LogP contribution in [0.4, 0.5) is 0 Å². The molecule has 0 aliphatic carbocycles. The smallest absolute Gasteiger partial charge is 0.217 e. The van der Waals surface area contributed by atoms with Crippen molar-refractivity contribution >= 4 is 5.91 Å². The van der Waals surface area contributed by atoms with Gasteiger partial charge < -0.3 is 10.1 Å². The highest BCUT2D eigenvalue weighted by Crippen LogP contribution is 2.25. The SMILES string of the molecule is CC(=O)NCC#Cc1ccc2c(c1)CCO2. The number of benzene rings is 1. The molecule has 0 saturated carbocycles. The summed E-state index contributed by atoms with van der Waals surface area (Å²) in [5, 5.41) is 2.63. The van der Waals surface area contributed by atoms with Crippen molar-refractivity contribution in [3.8, 4) is 17.6 Å². The second-order valence-electron chi connectivity index (χ2n) is 3.63. The molecule has 0 fully saturated rings. The maximum absolute atomic E-state index is 10.6. The molecule has 0 aromatic heterocycles. The maximum atomic E-state index is 10.6. The van der Waals surface area contributed by atoms with Gasteiger partial charge in [0, 0.05) is 18.9 Å². The Labute approximate surface area is 94.8 Å². The average Bonchev–Trinajstić information content (AvgIpc) is 2.71. The number of hydrogen-bond donors (Lipinski definition) is 1. The van der Waals surface area contributed by atoms with E-state index in [4.69, 9.17) is 4.74 Å². The fraction of sp³-hybridized carbons (Fsp3) is 0.308. The molecule has 1 aromatic rings. The van der Waals surface area contributed by atoms with Gasteiger partial charge in [-0.15, -0.1) is 0 Å². The van der Waals surface area contributed by atoms with Gasteiger partial charge in [0.15, 0.2) is 0 Å². The summed E-state index contributed by atoms with van der Waals surface area (Å²) in [6.07, 6.45) is 0.955. The van der Waals surface area contributed by atoms with E-state index in [-0.39, 0.29) is 5.91 Å². The molecule has 3 nitrogen and oxygen atoms in total. The molecule has 2 rings (SSSR count). The minimum atomic E-state index is -0.0587. The first-order valence-electron chi connectivity index (χ1n) is 5.25. The largest absolute Gasteiger partial charge is 0.493 e. The third-order valence-corrected chi connectivity index (χ3v) is 2.35. The van der Waals surface area contributed by atoms with Gasteiger partial charge in [0.05, 0.1) is 13.2 Å². The highest BCUT2D eigenvalue weighted by atomic mass is 16.5. The maximum Gasteiger partial charge on any atom is 0.217 e. The zero-order valence-corrected chi connectivity index (χ0v) is 9.17. The lowest BCUT2D eigenvalue weighted by molar-refractivity contribution is -0.118. The molecular weight excluding hydrogens is 202 g/mol. The second-order valence-corrected chi connectivity index (χ2v) is 3.63. The molecule has 0 spiro atoms. The molecule has 1 aromatic carbocycles. The van der Waals surface area contributed by atoms with Gasteiger partial charge in [-0.1, -0.05) is 11.8 Å². The normalized spacial score (nSPS) is 12.1. The molecule has 1 aliphatic rings. The van der Waals surface area contributed by atoms with Crippen LogP contribution in [0.15, 0.2) is 18.2 Å². The number of rotatable bonds is 1. The van der Waals surface area contributed by atoms with Crippen LogP contribution in [-0.2, 0) is 11.2 Å².